The topological polar surface area (TPSA) is 51.8 Å². The van der Waals surface area contributed by atoms with Crippen molar-refractivity contribution in [2.45, 2.75) is 6.92 Å². The average molecular weight is 270 g/mol. The predicted octanol–water partition coefficient (Wildman–Crippen LogP) is 2.86. The molecule has 0 aliphatic rings. The molecule has 0 aromatic carbocycles. The van der Waals surface area contributed by atoms with Gasteiger partial charge in [-0.1, -0.05) is 0 Å². The van der Waals surface area contributed by atoms with Crippen LogP contribution in [-0.4, -0.2) is 10.2 Å². The van der Waals surface area contributed by atoms with Crippen LogP contribution in [0.2, 0.25) is 0 Å². The number of rotatable bonds is 1. The van der Waals surface area contributed by atoms with Gasteiger partial charge in [0.05, 0.1) is 9.35 Å². The highest BCUT2D eigenvalue weighted by atomic mass is 79.9. The van der Waals surface area contributed by atoms with Gasteiger partial charge in [-0.25, -0.2) is 0 Å². The van der Waals surface area contributed by atoms with Gasteiger partial charge >= 0.3 is 0 Å². The number of hydrogen-bond donors (Lipinski definition) is 1. The van der Waals surface area contributed by atoms with E-state index in [1.807, 2.05) is 12.1 Å². The largest absolute Gasteiger partial charge is 0.381 e. The Bertz CT molecular complexity index is 467. The lowest BCUT2D eigenvalue weighted by molar-refractivity contribution is 1.05. The highest BCUT2D eigenvalue weighted by molar-refractivity contribution is 9.10. The van der Waals surface area contributed by atoms with Crippen LogP contribution < -0.4 is 5.73 Å². The first kappa shape index (κ1) is 9.61. The third kappa shape index (κ3) is 1.78. The van der Waals surface area contributed by atoms with Crippen molar-refractivity contribution in [3.8, 4) is 10.6 Å². The van der Waals surface area contributed by atoms with Crippen molar-refractivity contribution in [1.29, 1.82) is 0 Å². The summed E-state index contributed by atoms with van der Waals surface area (Å²) in [5.74, 6) is 0.419. The minimum atomic E-state index is 0.419. The molecule has 0 saturated heterocycles. The molecule has 2 rings (SSSR count). The van der Waals surface area contributed by atoms with Gasteiger partial charge in [-0.2, -0.15) is 0 Å². The van der Waals surface area contributed by atoms with Gasteiger partial charge in [0.1, 0.15) is 5.69 Å². The lowest BCUT2D eigenvalue weighted by atomic mass is 10.3. The highest BCUT2D eigenvalue weighted by Gasteiger charge is 2.05. The molecule has 2 heterocycles. The Labute approximate surface area is 94.1 Å². The number of nitrogens with two attached hydrogens (primary N) is 1. The van der Waals surface area contributed by atoms with Crippen LogP contribution >= 0.6 is 27.3 Å². The Hall–Kier alpha value is -0.940. The van der Waals surface area contributed by atoms with Gasteiger partial charge in [-0.05, 0) is 41.1 Å². The van der Waals surface area contributed by atoms with Crippen LogP contribution in [0.15, 0.2) is 22.7 Å². The van der Waals surface area contributed by atoms with Crippen LogP contribution in [0.4, 0.5) is 5.82 Å². The second kappa shape index (κ2) is 3.67. The molecule has 0 amide bonds. The van der Waals surface area contributed by atoms with E-state index < -0.39 is 0 Å². The Morgan fingerprint density at radius 1 is 1.36 bits per heavy atom. The first-order valence-corrected chi connectivity index (χ1v) is 5.63. The van der Waals surface area contributed by atoms with E-state index in [1.165, 1.54) is 4.88 Å². The molecule has 0 radical (unpaired) electrons. The summed E-state index contributed by atoms with van der Waals surface area (Å²) in [6.07, 6.45) is 0. The Morgan fingerprint density at radius 3 is 2.71 bits per heavy atom. The van der Waals surface area contributed by atoms with Crippen LogP contribution in [0.25, 0.3) is 10.6 Å². The lowest BCUT2D eigenvalue weighted by Gasteiger charge is -1.98. The van der Waals surface area contributed by atoms with Crippen LogP contribution in [-0.2, 0) is 0 Å². The summed E-state index contributed by atoms with van der Waals surface area (Å²) in [6, 6.07) is 5.98. The average Bonchev–Trinajstić information content (AvgIpc) is 2.57. The molecule has 2 aromatic rings. The number of aromatic nitrogens is 2. The molecule has 2 N–H and O–H groups in total. The number of anilines is 1. The van der Waals surface area contributed by atoms with E-state index in [0.717, 1.165) is 15.0 Å². The van der Waals surface area contributed by atoms with E-state index in [-0.39, 0.29) is 0 Å². The van der Waals surface area contributed by atoms with Gasteiger partial charge in [0, 0.05) is 4.88 Å². The molecule has 0 atom stereocenters. The normalized spacial score (nSPS) is 10.4. The first-order valence-electron chi connectivity index (χ1n) is 4.02. The monoisotopic (exact) mass is 269 g/mol. The number of aryl methyl sites for hydroxylation is 1. The molecular formula is C9H8BrN3S. The van der Waals surface area contributed by atoms with Gasteiger partial charge in [0.15, 0.2) is 5.82 Å². The third-order valence-electron chi connectivity index (χ3n) is 1.77. The molecule has 2 aromatic heterocycles. The zero-order valence-electron chi connectivity index (χ0n) is 7.49. The van der Waals surface area contributed by atoms with Crippen molar-refractivity contribution in [3.63, 3.8) is 0 Å². The fourth-order valence-electron chi connectivity index (χ4n) is 1.07. The molecule has 0 unspecified atom stereocenters. The Balaban J connectivity index is 2.47. The number of nitrogens with zero attached hydrogens (tertiary/aromatic N) is 2. The minimum absolute atomic E-state index is 0.419. The molecule has 3 nitrogen and oxygen atoms in total. The Morgan fingerprint density at radius 2 is 2.14 bits per heavy atom. The molecule has 0 fully saturated rings. The number of nitrogen functional groups attached to an aromatic ring is 1. The molecule has 0 spiro atoms. The van der Waals surface area contributed by atoms with Crippen molar-refractivity contribution in [3.05, 3.63) is 27.5 Å². The summed E-state index contributed by atoms with van der Waals surface area (Å²) in [4.78, 5) is 2.37. The van der Waals surface area contributed by atoms with Gasteiger partial charge in [0.25, 0.3) is 0 Å². The Kier molecular flexibility index (Phi) is 2.52. The summed E-state index contributed by atoms with van der Waals surface area (Å²) in [5, 5.41) is 7.88. The van der Waals surface area contributed by atoms with Crippen molar-refractivity contribution in [2.75, 3.05) is 5.73 Å². The molecule has 0 aliphatic heterocycles. The molecule has 0 aliphatic carbocycles. The molecule has 0 bridgehead atoms. The van der Waals surface area contributed by atoms with Crippen LogP contribution in [0.1, 0.15) is 4.88 Å². The third-order valence-corrected chi connectivity index (χ3v) is 3.42. The summed E-state index contributed by atoms with van der Waals surface area (Å²) >= 11 is 5.02. The predicted molar refractivity (Wildman–Crippen MR) is 62.2 cm³/mol. The first-order chi connectivity index (χ1) is 6.66. The molecule has 14 heavy (non-hydrogen) atoms. The summed E-state index contributed by atoms with van der Waals surface area (Å²) in [6.45, 7) is 2.06. The van der Waals surface area contributed by atoms with Crippen LogP contribution in [0.3, 0.4) is 0 Å². The van der Waals surface area contributed by atoms with Crippen molar-refractivity contribution < 1.29 is 0 Å². The standard InChI is InChI=1S/C9H8BrN3S/c1-5-2-3-8(14-5)7-4-6(10)9(11)13-12-7/h2-4H,1H3,(H2,11,13). The molecule has 0 saturated carbocycles. The SMILES string of the molecule is Cc1ccc(-c2cc(Br)c(N)nn2)s1. The van der Waals surface area contributed by atoms with E-state index in [9.17, 15) is 0 Å². The number of hydrogen-bond acceptors (Lipinski definition) is 4. The summed E-state index contributed by atoms with van der Waals surface area (Å²) in [7, 11) is 0. The number of halogens is 1. The smallest absolute Gasteiger partial charge is 0.160 e. The van der Waals surface area contributed by atoms with Gasteiger partial charge in [0.2, 0.25) is 0 Å². The van der Waals surface area contributed by atoms with Gasteiger partial charge in [-0.15, -0.1) is 21.5 Å². The van der Waals surface area contributed by atoms with Crippen molar-refractivity contribution in [1.82, 2.24) is 10.2 Å². The second-order valence-corrected chi connectivity index (χ2v) is 5.02. The van der Waals surface area contributed by atoms with Gasteiger partial charge in [-0.3, -0.25) is 0 Å². The van der Waals surface area contributed by atoms with Crippen LogP contribution in [0, 0.1) is 6.92 Å². The maximum absolute atomic E-state index is 5.55. The van der Waals surface area contributed by atoms with E-state index in [2.05, 4.69) is 39.1 Å². The number of thiophene rings is 1. The lowest BCUT2D eigenvalue weighted by Crippen LogP contribution is -1.95. The fourth-order valence-corrected chi connectivity index (χ4v) is 2.19. The van der Waals surface area contributed by atoms with Crippen LogP contribution in [0.5, 0.6) is 0 Å². The summed E-state index contributed by atoms with van der Waals surface area (Å²) in [5.41, 5.74) is 6.41. The maximum atomic E-state index is 5.55. The fraction of sp³-hybridized carbons (Fsp3) is 0.111. The highest BCUT2D eigenvalue weighted by Crippen LogP contribution is 2.28. The van der Waals surface area contributed by atoms with E-state index >= 15 is 0 Å². The molecule has 5 heteroatoms. The zero-order valence-corrected chi connectivity index (χ0v) is 9.89. The quantitative estimate of drug-likeness (QED) is 0.866. The van der Waals surface area contributed by atoms with Gasteiger partial charge < -0.3 is 5.73 Å². The van der Waals surface area contributed by atoms with E-state index in [1.54, 1.807) is 11.3 Å². The summed E-state index contributed by atoms with van der Waals surface area (Å²) < 4.78 is 0.786. The maximum Gasteiger partial charge on any atom is 0.160 e. The van der Waals surface area contributed by atoms with Crippen molar-refractivity contribution in [2.24, 2.45) is 0 Å². The van der Waals surface area contributed by atoms with E-state index in [4.69, 9.17) is 5.73 Å². The molecule has 72 valence electrons. The molecular weight excluding hydrogens is 262 g/mol. The second-order valence-electron chi connectivity index (χ2n) is 2.87. The zero-order chi connectivity index (χ0) is 10.1. The van der Waals surface area contributed by atoms with Crippen molar-refractivity contribution >= 4 is 33.1 Å². The van der Waals surface area contributed by atoms with E-state index in [0.29, 0.717) is 5.82 Å². The minimum Gasteiger partial charge on any atom is -0.381 e.